The Hall–Kier alpha value is -3.46. The number of aromatic nitrogens is 2. The monoisotopic (exact) mass is 465 g/mol. The molecule has 3 aromatic rings. The lowest BCUT2D eigenvalue weighted by atomic mass is 9.93. The fourth-order valence-corrected chi connectivity index (χ4v) is 4.47. The van der Waals surface area contributed by atoms with E-state index in [-0.39, 0.29) is 6.61 Å². The number of thiazole rings is 1. The molecule has 3 heterocycles. The minimum atomic E-state index is -0.438. The molecule has 2 amide bonds. The summed E-state index contributed by atoms with van der Waals surface area (Å²) in [6.07, 6.45) is 4.48. The van der Waals surface area contributed by atoms with Crippen LogP contribution in [0.2, 0.25) is 0 Å². The molecule has 9 heteroatoms. The first-order chi connectivity index (χ1) is 16.1. The summed E-state index contributed by atoms with van der Waals surface area (Å²) in [7, 11) is 0. The molecule has 0 saturated carbocycles. The standard InChI is InChI=1S/C24H27N5O3S/c25-23(30)19-3-1-2-18(12-19)20-4-5-22(27-13-20)29-10-7-17(8-11-29)6-9-26-24(31)32-14-21-15-33-16-28-21/h1-5,12-13,15-17H,6-11,14H2,(H2,25,30)(H,26,31). The third-order valence-corrected chi connectivity index (χ3v) is 6.46. The average Bonchev–Trinajstić information content (AvgIpc) is 3.37. The number of rotatable bonds is 8. The van der Waals surface area contributed by atoms with Crippen molar-refractivity contribution in [3.05, 3.63) is 64.7 Å². The van der Waals surface area contributed by atoms with E-state index in [9.17, 15) is 9.59 Å². The second kappa shape index (κ2) is 10.9. The van der Waals surface area contributed by atoms with Crippen molar-refractivity contribution in [2.75, 3.05) is 24.5 Å². The van der Waals surface area contributed by atoms with Crippen LogP contribution >= 0.6 is 11.3 Å². The number of nitrogens with two attached hydrogens (primary N) is 1. The summed E-state index contributed by atoms with van der Waals surface area (Å²) in [6.45, 7) is 2.68. The fraction of sp³-hybridized carbons (Fsp3) is 0.333. The first-order valence-electron chi connectivity index (χ1n) is 11.0. The fourth-order valence-electron chi connectivity index (χ4n) is 3.92. The maximum absolute atomic E-state index is 11.8. The molecule has 0 spiro atoms. The van der Waals surface area contributed by atoms with Crippen molar-refractivity contribution >= 4 is 29.2 Å². The van der Waals surface area contributed by atoms with E-state index in [1.807, 2.05) is 35.8 Å². The van der Waals surface area contributed by atoms with Crippen LogP contribution in [0.1, 0.15) is 35.3 Å². The zero-order valence-electron chi connectivity index (χ0n) is 18.3. The van der Waals surface area contributed by atoms with Gasteiger partial charge in [-0.15, -0.1) is 11.3 Å². The number of benzene rings is 1. The largest absolute Gasteiger partial charge is 0.443 e. The van der Waals surface area contributed by atoms with Crippen molar-refractivity contribution in [2.45, 2.75) is 25.9 Å². The molecule has 1 aliphatic heterocycles. The molecule has 0 radical (unpaired) electrons. The van der Waals surface area contributed by atoms with Gasteiger partial charge >= 0.3 is 6.09 Å². The van der Waals surface area contributed by atoms with Gasteiger partial charge in [0, 0.05) is 42.3 Å². The van der Waals surface area contributed by atoms with Gasteiger partial charge in [0.25, 0.3) is 0 Å². The smallest absolute Gasteiger partial charge is 0.407 e. The summed E-state index contributed by atoms with van der Waals surface area (Å²) in [5, 5.41) is 4.69. The van der Waals surface area contributed by atoms with Crippen molar-refractivity contribution < 1.29 is 14.3 Å². The highest BCUT2D eigenvalue weighted by Crippen LogP contribution is 2.26. The molecule has 2 aromatic heterocycles. The first-order valence-corrected chi connectivity index (χ1v) is 11.9. The van der Waals surface area contributed by atoms with Gasteiger partial charge in [-0.2, -0.15) is 0 Å². The van der Waals surface area contributed by atoms with Gasteiger partial charge in [0.1, 0.15) is 12.4 Å². The topological polar surface area (TPSA) is 110 Å². The molecule has 172 valence electrons. The number of piperidine rings is 1. The van der Waals surface area contributed by atoms with Gasteiger partial charge in [0.2, 0.25) is 5.91 Å². The lowest BCUT2D eigenvalue weighted by Crippen LogP contribution is -2.35. The summed E-state index contributed by atoms with van der Waals surface area (Å²) in [5.74, 6) is 1.08. The number of hydrogen-bond acceptors (Lipinski definition) is 7. The Labute approximate surface area is 196 Å². The molecule has 3 N–H and O–H groups in total. The second-order valence-corrected chi connectivity index (χ2v) is 8.77. The van der Waals surface area contributed by atoms with Crippen molar-refractivity contribution in [3.8, 4) is 11.1 Å². The number of anilines is 1. The molecule has 33 heavy (non-hydrogen) atoms. The Balaban J connectivity index is 1.20. The highest BCUT2D eigenvalue weighted by atomic mass is 32.1. The highest BCUT2D eigenvalue weighted by Gasteiger charge is 2.20. The molecular formula is C24H27N5O3S. The number of ether oxygens (including phenoxy) is 1. The zero-order valence-corrected chi connectivity index (χ0v) is 19.1. The van der Waals surface area contributed by atoms with Gasteiger partial charge in [0.05, 0.1) is 11.2 Å². The van der Waals surface area contributed by atoms with E-state index >= 15 is 0 Å². The van der Waals surface area contributed by atoms with Crippen LogP contribution < -0.4 is 16.0 Å². The number of primary amides is 1. The first kappa shape index (κ1) is 22.7. The molecule has 1 aliphatic rings. The van der Waals surface area contributed by atoms with Gasteiger partial charge in [-0.25, -0.2) is 14.8 Å². The number of amides is 2. The number of carbonyl (C=O) groups excluding carboxylic acids is 2. The molecule has 0 aliphatic carbocycles. The quantitative estimate of drug-likeness (QED) is 0.523. The van der Waals surface area contributed by atoms with Crippen LogP contribution in [-0.2, 0) is 11.3 Å². The molecule has 1 saturated heterocycles. The van der Waals surface area contributed by atoms with Crippen molar-refractivity contribution in [2.24, 2.45) is 11.7 Å². The van der Waals surface area contributed by atoms with Gasteiger partial charge in [-0.3, -0.25) is 4.79 Å². The third-order valence-electron chi connectivity index (χ3n) is 5.82. The Morgan fingerprint density at radius 1 is 1.15 bits per heavy atom. The molecule has 8 nitrogen and oxygen atoms in total. The predicted molar refractivity (Wildman–Crippen MR) is 128 cm³/mol. The minimum absolute atomic E-state index is 0.204. The molecule has 0 unspecified atom stereocenters. The normalized spacial score (nSPS) is 14.1. The molecule has 0 bridgehead atoms. The Morgan fingerprint density at radius 3 is 2.70 bits per heavy atom. The number of hydrogen-bond donors (Lipinski definition) is 2. The van der Waals surface area contributed by atoms with E-state index in [1.54, 1.807) is 17.6 Å². The van der Waals surface area contributed by atoms with Crippen LogP contribution in [0.25, 0.3) is 11.1 Å². The number of alkyl carbamates (subject to hydrolysis) is 1. The van der Waals surface area contributed by atoms with E-state index in [2.05, 4.69) is 20.2 Å². The summed E-state index contributed by atoms with van der Waals surface area (Å²) >= 11 is 1.48. The maximum Gasteiger partial charge on any atom is 0.407 e. The van der Waals surface area contributed by atoms with E-state index in [4.69, 9.17) is 10.5 Å². The van der Waals surface area contributed by atoms with Crippen molar-refractivity contribution in [1.82, 2.24) is 15.3 Å². The number of pyridine rings is 1. The van der Waals surface area contributed by atoms with Crippen LogP contribution in [0.15, 0.2) is 53.5 Å². The van der Waals surface area contributed by atoms with E-state index in [0.717, 1.165) is 55.0 Å². The second-order valence-electron chi connectivity index (χ2n) is 8.05. The summed E-state index contributed by atoms with van der Waals surface area (Å²) in [4.78, 5) is 34.2. The molecule has 1 aromatic carbocycles. The number of nitrogens with one attached hydrogen (secondary N) is 1. The van der Waals surface area contributed by atoms with Crippen LogP contribution in [0.3, 0.4) is 0 Å². The van der Waals surface area contributed by atoms with Gasteiger partial charge in [-0.05, 0) is 55.0 Å². The third kappa shape index (κ3) is 6.29. The Kier molecular flexibility index (Phi) is 7.51. The molecule has 1 fully saturated rings. The van der Waals surface area contributed by atoms with Gasteiger partial charge in [-0.1, -0.05) is 12.1 Å². The number of carbonyl (C=O) groups is 2. The molecule has 4 rings (SSSR count). The maximum atomic E-state index is 11.8. The van der Waals surface area contributed by atoms with Crippen molar-refractivity contribution in [3.63, 3.8) is 0 Å². The van der Waals surface area contributed by atoms with Crippen LogP contribution in [0, 0.1) is 5.92 Å². The van der Waals surface area contributed by atoms with Crippen LogP contribution in [0.4, 0.5) is 10.6 Å². The summed E-state index contributed by atoms with van der Waals surface area (Å²) in [6, 6.07) is 11.3. The minimum Gasteiger partial charge on any atom is -0.443 e. The predicted octanol–water partition coefficient (Wildman–Crippen LogP) is 3.84. The number of nitrogens with zero attached hydrogens (tertiary/aromatic N) is 3. The van der Waals surface area contributed by atoms with Gasteiger partial charge in [0.15, 0.2) is 0 Å². The molecule has 0 atom stereocenters. The zero-order chi connectivity index (χ0) is 23.0. The van der Waals surface area contributed by atoms with Gasteiger partial charge < -0.3 is 20.7 Å². The Bertz CT molecular complexity index is 1060. The average molecular weight is 466 g/mol. The van der Waals surface area contributed by atoms with E-state index in [1.165, 1.54) is 11.3 Å². The lowest BCUT2D eigenvalue weighted by molar-refractivity contribution is 0.1000. The van der Waals surface area contributed by atoms with Crippen LogP contribution in [-0.4, -0.2) is 41.6 Å². The highest BCUT2D eigenvalue weighted by molar-refractivity contribution is 7.07. The Morgan fingerprint density at radius 2 is 2.00 bits per heavy atom. The van der Waals surface area contributed by atoms with Crippen LogP contribution in [0.5, 0.6) is 0 Å². The van der Waals surface area contributed by atoms with Crippen molar-refractivity contribution in [1.29, 1.82) is 0 Å². The van der Waals surface area contributed by atoms with E-state index in [0.29, 0.717) is 18.0 Å². The van der Waals surface area contributed by atoms with E-state index < -0.39 is 12.0 Å². The summed E-state index contributed by atoms with van der Waals surface area (Å²) in [5.41, 5.74) is 10.2. The summed E-state index contributed by atoms with van der Waals surface area (Å²) < 4.78 is 5.17. The molecular weight excluding hydrogens is 438 g/mol. The lowest BCUT2D eigenvalue weighted by Gasteiger charge is -2.33. The SMILES string of the molecule is NC(=O)c1cccc(-c2ccc(N3CCC(CCNC(=O)OCc4cscn4)CC3)nc2)c1.